The average Bonchev–Trinajstić information content (AvgIpc) is 3.34. The molecule has 0 bridgehead atoms. The number of halogens is 1. The van der Waals surface area contributed by atoms with Gasteiger partial charge < -0.3 is 9.47 Å². The molecule has 0 unspecified atom stereocenters. The fourth-order valence-electron chi connectivity index (χ4n) is 5.54. The van der Waals surface area contributed by atoms with E-state index in [0.717, 1.165) is 21.5 Å². The topological polar surface area (TPSA) is 8.17 Å². The summed E-state index contributed by atoms with van der Waals surface area (Å²) < 4.78 is 3.43. The Morgan fingerprint density at radius 1 is 0.500 bits per heavy atom. The zero-order chi connectivity index (χ0) is 27.1. The summed E-state index contributed by atoms with van der Waals surface area (Å²) in [6.07, 6.45) is 0. The average molecular weight is 580 g/mol. The summed E-state index contributed by atoms with van der Waals surface area (Å²) >= 11 is 3.58. The van der Waals surface area contributed by atoms with Crippen molar-refractivity contribution in [2.45, 2.75) is 6.92 Å². The highest BCUT2D eigenvalue weighted by atomic mass is 79.9. The number of hydrogen-bond acceptors (Lipinski definition) is 1. The molecular formula is C37H27BrN2. The summed E-state index contributed by atoms with van der Waals surface area (Å²) in [6, 6.07) is 52.2. The van der Waals surface area contributed by atoms with Gasteiger partial charge in [0.1, 0.15) is 0 Å². The summed E-state index contributed by atoms with van der Waals surface area (Å²) in [4.78, 5) is 2.30. The van der Waals surface area contributed by atoms with E-state index in [2.05, 4.69) is 178 Å². The maximum Gasteiger partial charge on any atom is 0.0541 e. The van der Waals surface area contributed by atoms with Crippen molar-refractivity contribution in [3.63, 3.8) is 0 Å². The Kier molecular flexibility index (Phi) is 6.22. The van der Waals surface area contributed by atoms with Crippen LogP contribution in [0.1, 0.15) is 5.56 Å². The van der Waals surface area contributed by atoms with E-state index in [1.54, 1.807) is 0 Å². The lowest BCUT2D eigenvalue weighted by Gasteiger charge is -2.26. The second-order valence-electron chi connectivity index (χ2n) is 10.1. The third kappa shape index (κ3) is 4.39. The van der Waals surface area contributed by atoms with Crippen molar-refractivity contribution in [2.24, 2.45) is 0 Å². The summed E-state index contributed by atoms with van der Waals surface area (Å²) in [6.45, 7) is 2.12. The Hall–Kier alpha value is -4.60. The molecule has 1 heterocycles. The van der Waals surface area contributed by atoms with Crippen molar-refractivity contribution in [3.05, 3.63) is 156 Å². The van der Waals surface area contributed by atoms with Crippen molar-refractivity contribution in [3.8, 4) is 16.8 Å². The molecule has 192 valence electrons. The van der Waals surface area contributed by atoms with Crippen LogP contribution in [-0.4, -0.2) is 4.57 Å². The SMILES string of the molecule is Cc1ccc(N(c2ccc(Br)cc2)c2ccc(-c3ccc4c(c3)c3ccccc3n4-c3ccccc3)cc2)cc1. The maximum atomic E-state index is 3.58. The highest BCUT2D eigenvalue weighted by Crippen LogP contribution is 2.38. The molecule has 40 heavy (non-hydrogen) atoms. The first kappa shape index (κ1) is 24.4. The van der Waals surface area contributed by atoms with E-state index in [4.69, 9.17) is 0 Å². The minimum atomic E-state index is 1.07. The van der Waals surface area contributed by atoms with Crippen molar-refractivity contribution in [1.82, 2.24) is 4.57 Å². The first-order chi connectivity index (χ1) is 19.7. The quantitative estimate of drug-likeness (QED) is 0.197. The number of hydrogen-bond donors (Lipinski definition) is 0. The van der Waals surface area contributed by atoms with E-state index in [1.165, 1.54) is 44.2 Å². The van der Waals surface area contributed by atoms with Crippen molar-refractivity contribution in [2.75, 3.05) is 4.90 Å². The largest absolute Gasteiger partial charge is 0.311 e. The van der Waals surface area contributed by atoms with Gasteiger partial charge in [-0.15, -0.1) is 0 Å². The predicted molar refractivity (Wildman–Crippen MR) is 173 cm³/mol. The standard InChI is InChI=1S/C37H27BrN2/c1-26-11-18-31(19-12-26)39(33-22-16-29(38)17-23-33)32-20-13-27(14-21-32)28-15-24-37-35(25-28)34-9-5-6-10-36(34)40(37)30-7-3-2-4-8-30/h2-25H,1H3. The van der Waals surface area contributed by atoms with Gasteiger partial charge in [0.15, 0.2) is 0 Å². The van der Waals surface area contributed by atoms with Gasteiger partial charge in [0.05, 0.1) is 11.0 Å². The molecule has 2 nitrogen and oxygen atoms in total. The molecule has 0 aliphatic carbocycles. The molecule has 6 aromatic carbocycles. The molecule has 1 aromatic heterocycles. The molecule has 0 aliphatic heterocycles. The van der Waals surface area contributed by atoms with E-state index < -0.39 is 0 Å². The lowest BCUT2D eigenvalue weighted by molar-refractivity contribution is 1.18. The fraction of sp³-hybridized carbons (Fsp3) is 0.0270. The van der Waals surface area contributed by atoms with Gasteiger partial charge in [-0.05, 0) is 96.9 Å². The van der Waals surface area contributed by atoms with Gasteiger partial charge in [0, 0.05) is 38.0 Å². The lowest BCUT2D eigenvalue weighted by Crippen LogP contribution is -2.09. The van der Waals surface area contributed by atoms with Crippen LogP contribution in [0.5, 0.6) is 0 Å². The smallest absolute Gasteiger partial charge is 0.0541 e. The first-order valence-corrected chi connectivity index (χ1v) is 14.3. The molecule has 0 radical (unpaired) electrons. The Balaban J connectivity index is 1.31. The molecule has 0 N–H and O–H groups in total. The molecule has 0 saturated heterocycles. The molecular weight excluding hydrogens is 552 g/mol. The number of nitrogens with zero attached hydrogens (tertiary/aromatic N) is 2. The zero-order valence-electron chi connectivity index (χ0n) is 22.1. The number of para-hydroxylation sites is 2. The van der Waals surface area contributed by atoms with Crippen LogP contribution in [0.25, 0.3) is 38.6 Å². The minimum absolute atomic E-state index is 1.07. The van der Waals surface area contributed by atoms with Gasteiger partial charge in [-0.3, -0.25) is 0 Å². The molecule has 3 heteroatoms. The summed E-state index contributed by atoms with van der Waals surface area (Å²) in [5.74, 6) is 0. The van der Waals surface area contributed by atoms with E-state index in [0.29, 0.717) is 0 Å². The van der Waals surface area contributed by atoms with Crippen molar-refractivity contribution in [1.29, 1.82) is 0 Å². The Labute approximate surface area is 242 Å². The van der Waals surface area contributed by atoms with Gasteiger partial charge in [0.25, 0.3) is 0 Å². The monoisotopic (exact) mass is 578 g/mol. The Morgan fingerprint density at radius 2 is 1.05 bits per heavy atom. The molecule has 0 fully saturated rings. The number of rotatable bonds is 5. The summed E-state index contributed by atoms with van der Waals surface area (Å²) in [5, 5.41) is 2.53. The number of aryl methyl sites for hydroxylation is 1. The Bertz CT molecular complexity index is 1890. The second kappa shape index (κ2) is 10.2. The second-order valence-corrected chi connectivity index (χ2v) is 11.0. The molecule has 0 amide bonds. The van der Waals surface area contributed by atoms with E-state index in [9.17, 15) is 0 Å². The lowest BCUT2D eigenvalue weighted by atomic mass is 10.0. The first-order valence-electron chi connectivity index (χ1n) is 13.5. The van der Waals surface area contributed by atoms with Gasteiger partial charge in [-0.25, -0.2) is 0 Å². The number of anilines is 3. The molecule has 7 rings (SSSR count). The zero-order valence-corrected chi connectivity index (χ0v) is 23.7. The number of aromatic nitrogens is 1. The normalized spacial score (nSPS) is 11.2. The molecule has 0 spiro atoms. The van der Waals surface area contributed by atoms with Crippen LogP contribution in [0.3, 0.4) is 0 Å². The van der Waals surface area contributed by atoms with Gasteiger partial charge in [-0.2, -0.15) is 0 Å². The van der Waals surface area contributed by atoms with Crippen molar-refractivity contribution < 1.29 is 0 Å². The van der Waals surface area contributed by atoms with Crippen LogP contribution in [0, 0.1) is 6.92 Å². The van der Waals surface area contributed by atoms with Gasteiger partial charge in [-0.1, -0.05) is 88.2 Å². The summed E-state index contributed by atoms with van der Waals surface area (Å²) in [7, 11) is 0. The van der Waals surface area contributed by atoms with E-state index in [-0.39, 0.29) is 0 Å². The highest BCUT2D eigenvalue weighted by molar-refractivity contribution is 9.10. The highest BCUT2D eigenvalue weighted by Gasteiger charge is 2.15. The van der Waals surface area contributed by atoms with Crippen LogP contribution in [0.2, 0.25) is 0 Å². The maximum absolute atomic E-state index is 3.58. The van der Waals surface area contributed by atoms with E-state index >= 15 is 0 Å². The van der Waals surface area contributed by atoms with Crippen molar-refractivity contribution >= 4 is 54.8 Å². The number of fused-ring (bicyclic) bond motifs is 3. The van der Waals surface area contributed by atoms with Crippen LogP contribution >= 0.6 is 15.9 Å². The molecule has 0 aliphatic rings. The van der Waals surface area contributed by atoms with Crippen LogP contribution in [0.15, 0.2) is 150 Å². The Morgan fingerprint density at radius 3 is 1.75 bits per heavy atom. The summed E-state index contributed by atoms with van der Waals surface area (Å²) in [5.41, 5.74) is 10.6. The molecule has 0 saturated carbocycles. The third-order valence-electron chi connectivity index (χ3n) is 7.52. The van der Waals surface area contributed by atoms with E-state index in [1.807, 2.05) is 0 Å². The predicted octanol–water partition coefficient (Wildman–Crippen LogP) is 11.0. The van der Waals surface area contributed by atoms with Crippen LogP contribution < -0.4 is 4.90 Å². The minimum Gasteiger partial charge on any atom is -0.311 e. The fourth-order valence-corrected chi connectivity index (χ4v) is 5.81. The molecule has 7 aromatic rings. The number of benzene rings is 6. The van der Waals surface area contributed by atoms with Gasteiger partial charge >= 0.3 is 0 Å². The van der Waals surface area contributed by atoms with Crippen LogP contribution in [-0.2, 0) is 0 Å². The van der Waals surface area contributed by atoms with Crippen LogP contribution in [0.4, 0.5) is 17.1 Å². The third-order valence-corrected chi connectivity index (χ3v) is 8.05. The molecule has 0 atom stereocenters. The van der Waals surface area contributed by atoms with Gasteiger partial charge in [0.2, 0.25) is 0 Å².